The molecule has 0 heterocycles. The minimum atomic E-state index is -4.71. The summed E-state index contributed by atoms with van der Waals surface area (Å²) in [5.74, 6) is -0.548. The first-order valence-electron chi connectivity index (χ1n) is 33.3. The first kappa shape index (κ1) is 76.5. The molecule has 0 aliphatic carbocycles. The van der Waals surface area contributed by atoms with Gasteiger partial charge in [-0.2, -0.15) is 0 Å². The van der Waals surface area contributed by atoms with E-state index in [9.17, 15) is 19.0 Å². The Morgan fingerprint density at radius 2 is 0.861 bits per heavy atom. The number of phosphoric acid groups is 1. The molecule has 0 aliphatic rings. The number of hydrogen-bond acceptors (Lipinski definition) is 7. The molecule has 0 aromatic rings. The van der Waals surface area contributed by atoms with Gasteiger partial charge >= 0.3 is 5.97 Å². The van der Waals surface area contributed by atoms with Crippen molar-refractivity contribution < 1.29 is 37.3 Å². The van der Waals surface area contributed by atoms with E-state index in [-0.39, 0.29) is 24.9 Å². The molecule has 0 spiro atoms. The molecular weight excluding hydrogens is 1000 g/mol. The molecule has 79 heavy (non-hydrogen) atoms. The summed E-state index contributed by atoms with van der Waals surface area (Å²) in [4.78, 5) is 40.1. The Labute approximate surface area is 489 Å². The molecule has 460 valence electrons. The van der Waals surface area contributed by atoms with E-state index in [1.54, 1.807) is 0 Å². The van der Waals surface area contributed by atoms with E-state index in [0.717, 1.165) is 83.5 Å². The van der Waals surface area contributed by atoms with Crippen molar-refractivity contribution in [1.29, 1.82) is 0 Å². The summed E-state index contributed by atoms with van der Waals surface area (Å²) in [6.07, 6.45) is 75.9. The van der Waals surface area contributed by atoms with Crippen LogP contribution in [0.4, 0.5) is 0 Å². The number of quaternary nitrogens is 1. The predicted octanol–water partition coefficient (Wildman–Crippen LogP) is 20.2. The number of allylic oxidation sites excluding steroid dienone is 11. The van der Waals surface area contributed by atoms with Gasteiger partial charge in [0.05, 0.1) is 33.8 Å². The molecular formula is C69H127N2O7P. The van der Waals surface area contributed by atoms with Gasteiger partial charge in [-0.1, -0.05) is 280 Å². The summed E-state index contributed by atoms with van der Waals surface area (Å²) in [7, 11) is 1.18. The monoisotopic (exact) mass is 1130 g/mol. The topological polar surface area (TPSA) is 114 Å². The van der Waals surface area contributed by atoms with E-state index in [1.165, 1.54) is 186 Å². The molecule has 3 atom stereocenters. The van der Waals surface area contributed by atoms with E-state index >= 15 is 0 Å². The van der Waals surface area contributed by atoms with Gasteiger partial charge < -0.3 is 28.5 Å². The Kier molecular flexibility index (Phi) is 56.7. The van der Waals surface area contributed by atoms with Crippen LogP contribution in [0.15, 0.2) is 72.9 Å². The highest BCUT2D eigenvalue weighted by Crippen LogP contribution is 2.38. The maximum atomic E-state index is 13.6. The summed E-state index contributed by atoms with van der Waals surface area (Å²) in [5.41, 5.74) is 0. The second-order valence-corrected chi connectivity index (χ2v) is 25.1. The largest absolute Gasteiger partial charge is 0.756 e. The fraction of sp³-hybridized carbons (Fsp3) is 0.797. The van der Waals surface area contributed by atoms with Crippen LogP contribution in [-0.2, 0) is 27.9 Å². The standard InChI is InChI=1S/C69H127N2O7P/c1-7-10-13-16-19-22-25-28-30-31-32-33-34-35-36-37-38-39-41-43-46-49-52-55-58-61-68(72)70-66(65-77-79(74,75)76-64-63-71(4,5)6)67(60-57-54-51-48-45-42-27-24-21-18-15-12-9-3)78-69(73)62-59-56-53-50-47-44-40-29-26-23-20-17-14-11-8-2/h11,14,17,19-20,22-23,26,28,30,57,60,66-67H,7-10,12-13,15-16,18,21,24-25,27,29,31-56,58-59,61-65H2,1-6H3,(H-,70,72,74,75)/b14-11+,20-17+,22-19-,26-23+,30-28-,60-57-. The zero-order valence-electron chi connectivity index (χ0n) is 52.6. The van der Waals surface area contributed by atoms with E-state index < -0.39 is 26.6 Å². The zero-order chi connectivity index (χ0) is 57.9. The lowest BCUT2D eigenvalue weighted by molar-refractivity contribution is -0.870. The summed E-state index contributed by atoms with van der Waals surface area (Å²) in [6.45, 7) is 6.71. The summed E-state index contributed by atoms with van der Waals surface area (Å²) in [5, 5.41) is 3.04. The fourth-order valence-corrected chi connectivity index (χ4v) is 10.3. The van der Waals surface area contributed by atoms with Gasteiger partial charge in [-0.15, -0.1) is 0 Å². The van der Waals surface area contributed by atoms with Gasteiger partial charge in [0.1, 0.15) is 19.3 Å². The molecule has 0 bridgehead atoms. The third-order valence-corrected chi connectivity index (χ3v) is 15.6. The van der Waals surface area contributed by atoms with Crippen LogP contribution in [0.25, 0.3) is 0 Å². The van der Waals surface area contributed by atoms with Crippen LogP contribution in [0.5, 0.6) is 0 Å². The van der Waals surface area contributed by atoms with Crippen molar-refractivity contribution in [2.75, 3.05) is 40.9 Å². The van der Waals surface area contributed by atoms with E-state index in [1.807, 2.05) is 33.3 Å². The van der Waals surface area contributed by atoms with Crippen LogP contribution in [0.1, 0.15) is 303 Å². The molecule has 0 fully saturated rings. The van der Waals surface area contributed by atoms with Crippen LogP contribution >= 0.6 is 7.82 Å². The Balaban J connectivity index is 5.11. The smallest absolute Gasteiger partial charge is 0.306 e. The summed E-state index contributed by atoms with van der Waals surface area (Å²) >= 11 is 0. The molecule has 0 radical (unpaired) electrons. The lowest BCUT2D eigenvalue weighted by atomic mass is 10.0. The second-order valence-electron chi connectivity index (χ2n) is 23.7. The molecule has 0 aliphatic heterocycles. The van der Waals surface area contributed by atoms with E-state index in [4.69, 9.17) is 13.8 Å². The number of ether oxygens (including phenoxy) is 1. The van der Waals surface area contributed by atoms with Crippen molar-refractivity contribution in [2.45, 2.75) is 315 Å². The van der Waals surface area contributed by atoms with Crippen molar-refractivity contribution in [3.05, 3.63) is 72.9 Å². The third-order valence-electron chi connectivity index (χ3n) is 14.7. The summed E-state index contributed by atoms with van der Waals surface area (Å²) < 4.78 is 30.4. The highest BCUT2D eigenvalue weighted by molar-refractivity contribution is 7.45. The van der Waals surface area contributed by atoms with Gasteiger partial charge in [-0.3, -0.25) is 14.2 Å². The first-order chi connectivity index (χ1) is 38.4. The van der Waals surface area contributed by atoms with E-state index in [2.05, 4.69) is 86.8 Å². The third kappa shape index (κ3) is 59.9. The quantitative estimate of drug-likeness (QED) is 0.0161. The van der Waals surface area contributed by atoms with Gasteiger partial charge in [0.2, 0.25) is 5.91 Å². The lowest BCUT2D eigenvalue weighted by Crippen LogP contribution is -2.47. The average Bonchev–Trinajstić information content (AvgIpc) is 3.41. The van der Waals surface area contributed by atoms with Crippen molar-refractivity contribution in [1.82, 2.24) is 5.32 Å². The Bertz CT molecular complexity index is 1580. The molecule has 9 nitrogen and oxygen atoms in total. The van der Waals surface area contributed by atoms with Crippen molar-refractivity contribution in [3.63, 3.8) is 0 Å². The number of amides is 1. The summed E-state index contributed by atoms with van der Waals surface area (Å²) in [6, 6.07) is -0.895. The zero-order valence-corrected chi connectivity index (χ0v) is 53.5. The lowest BCUT2D eigenvalue weighted by Gasteiger charge is -2.30. The molecule has 0 aromatic carbocycles. The maximum Gasteiger partial charge on any atom is 0.306 e. The van der Waals surface area contributed by atoms with Gasteiger partial charge in [-0.25, -0.2) is 0 Å². The molecule has 3 unspecified atom stereocenters. The van der Waals surface area contributed by atoms with Crippen LogP contribution in [0.3, 0.4) is 0 Å². The van der Waals surface area contributed by atoms with Crippen LogP contribution in [0.2, 0.25) is 0 Å². The van der Waals surface area contributed by atoms with Gasteiger partial charge in [-0.05, 0) is 83.1 Å². The maximum absolute atomic E-state index is 13.6. The number of hydrogen-bond donors (Lipinski definition) is 1. The molecule has 0 saturated heterocycles. The second kappa shape index (κ2) is 58.6. The molecule has 0 aromatic heterocycles. The number of carbonyl (C=O) groups is 2. The van der Waals surface area contributed by atoms with Gasteiger partial charge in [0.25, 0.3) is 7.82 Å². The number of nitrogens with zero attached hydrogens (tertiary/aromatic N) is 1. The highest BCUT2D eigenvalue weighted by atomic mass is 31.2. The molecule has 0 rings (SSSR count). The van der Waals surface area contributed by atoms with Crippen molar-refractivity contribution >= 4 is 19.7 Å². The Morgan fingerprint density at radius 3 is 1.33 bits per heavy atom. The SMILES string of the molecule is CC/C=C/C=C/C=C/CCCCCCCCCC(=O)OC(/C=C\CCCCCCCCCCCCC)C(COP(=O)([O-])OCC[N+](C)(C)C)NC(=O)CCCCCCCCCCCCCCCCC/C=C\C/C=C\CCCCC. The number of rotatable bonds is 60. The number of esters is 1. The number of likely N-dealkylation sites (N-methyl/N-ethyl adjacent to an activating group) is 1. The number of nitrogens with one attached hydrogen (secondary N) is 1. The number of unbranched alkanes of at least 4 members (excludes halogenated alkanes) is 36. The van der Waals surface area contributed by atoms with Crippen molar-refractivity contribution in [2.24, 2.45) is 0 Å². The van der Waals surface area contributed by atoms with Crippen LogP contribution in [0, 0.1) is 0 Å². The molecule has 0 saturated carbocycles. The normalized spacial score (nSPS) is 14.1. The minimum absolute atomic E-state index is 0.0256. The van der Waals surface area contributed by atoms with Gasteiger partial charge in [0, 0.05) is 12.8 Å². The van der Waals surface area contributed by atoms with E-state index in [0.29, 0.717) is 17.4 Å². The number of phosphoric ester groups is 1. The first-order valence-corrected chi connectivity index (χ1v) is 34.7. The molecule has 1 amide bonds. The molecule has 10 heteroatoms. The average molecular weight is 1130 g/mol. The minimum Gasteiger partial charge on any atom is -0.756 e. The fourth-order valence-electron chi connectivity index (χ4n) is 9.55. The van der Waals surface area contributed by atoms with Crippen LogP contribution < -0.4 is 10.2 Å². The Morgan fingerprint density at radius 1 is 0.468 bits per heavy atom. The van der Waals surface area contributed by atoms with Gasteiger partial charge in [0.15, 0.2) is 0 Å². The van der Waals surface area contributed by atoms with Crippen LogP contribution in [-0.4, -0.2) is 69.4 Å². The van der Waals surface area contributed by atoms with Crippen molar-refractivity contribution in [3.8, 4) is 0 Å². The highest BCUT2D eigenvalue weighted by Gasteiger charge is 2.27. The molecule has 1 N–H and O–H groups in total. The predicted molar refractivity (Wildman–Crippen MR) is 339 cm³/mol. The number of carbonyl (C=O) groups excluding carboxylic acids is 2. The Hall–Kier alpha value is -2.55.